The van der Waals surface area contributed by atoms with Gasteiger partial charge in [-0.05, 0) is 20.8 Å². The fourth-order valence-electron chi connectivity index (χ4n) is 1.14. The van der Waals surface area contributed by atoms with E-state index in [4.69, 9.17) is 18.1 Å². The number of hydrogen-bond donors (Lipinski definition) is 2. The van der Waals surface area contributed by atoms with Gasteiger partial charge in [0, 0.05) is 25.9 Å². The van der Waals surface area contributed by atoms with Crippen molar-refractivity contribution in [2.24, 2.45) is 11.5 Å². The number of urea groups is 1. The molecule has 0 heterocycles. The van der Waals surface area contributed by atoms with E-state index in [1.54, 1.807) is 6.08 Å². The molecule has 0 radical (unpaired) electrons. The Bertz CT molecular complexity index is 193. The number of nitrogens with two attached hydrogens (primary N) is 2. The van der Waals surface area contributed by atoms with Crippen LogP contribution in [0.4, 0.5) is 4.79 Å². The molecule has 2 amide bonds. The second-order valence-corrected chi connectivity index (χ2v) is 5.52. The van der Waals surface area contributed by atoms with Crippen molar-refractivity contribution in [3.63, 3.8) is 0 Å². The Kier molecular flexibility index (Phi) is 12.6. The lowest BCUT2D eigenvalue weighted by atomic mass is 10.8. The van der Waals surface area contributed by atoms with Gasteiger partial charge in [-0.3, -0.25) is 0 Å². The molecule has 0 atom stereocenters. The second-order valence-electron chi connectivity index (χ2n) is 2.88. The van der Waals surface area contributed by atoms with Crippen molar-refractivity contribution in [2.45, 2.75) is 26.8 Å². The van der Waals surface area contributed by atoms with Gasteiger partial charge in [0.25, 0.3) is 0 Å². The first kappa shape index (κ1) is 18.5. The van der Waals surface area contributed by atoms with Crippen LogP contribution in [0.25, 0.3) is 0 Å². The molecule has 7 heteroatoms. The fourth-order valence-corrected chi connectivity index (χ4v) is 3.41. The quantitative estimate of drug-likeness (QED) is 0.509. The molecule has 0 spiro atoms. The van der Waals surface area contributed by atoms with Crippen molar-refractivity contribution in [1.82, 2.24) is 0 Å². The first-order chi connectivity index (χ1) is 7.97. The van der Waals surface area contributed by atoms with Crippen LogP contribution in [0.15, 0.2) is 12.7 Å². The van der Waals surface area contributed by atoms with Crippen LogP contribution in [0.2, 0.25) is 6.04 Å². The summed E-state index contributed by atoms with van der Waals surface area (Å²) >= 11 is 0. The summed E-state index contributed by atoms with van der Waals surface area (Å²) in [5, 5.41) is 0. The van der Waals surface area contributed by atoms with Crippen LogP contribution in [-0.2, 0) is 13.3 Å². The number of carbonyl (C=O) groups excluding carboxylic acids is 1. The average Bonchev–Trinajstić information content (AvgIpc) is 2.18. The van der Waals surface area contributed by atoms with Crippen molar-refractivity contribution < 1.29 is 18.1 Å². The third kappa shape index (κ3) is 11.4. The van der Waals surface area contributed by atoms with E-state index in [0.29, 0.717) is 25.9 Å². The molecule has 0 aromatic heterocycles. The van der Waals surface area contributed by atoms with Gasteiger partial charge in [-0.2, -0.15) is 0 Å². The van der Waals surface area contributed by atoms with Crippen LogP contribution in [-0.4, -0.2) is 34.7 Å². The van der Waals surface area contributed by atoms with Gasteiger partial charge in [-0.1, -0.05) is 6.08 Å². The fraction of sp³-hybridized carbons (Fsp3) is 0.700. The standard InChI is InChI=1S/C9H20O3Si.CH4N2O/c1-5-9-13(10-6-2,11-7-3)12-8-4;2-1(3)4/h5H,1,6-9H2,2-4H3;(H4,2,3,4). The summed E-state index contributed by atoms with van der Waals surface area (Å²) in [7, 11) is -2.41. The van der Waals surface area contributed by atoms with Crippen molar-refractivity contribution in [3.8, 4) is 0 Å². The largest absolute Gasteiger partial charge is 0.504 e. The first-order valence-corrected chi connectivity index (χ1v) is 7.48. The van der Waals surface area contributed by atoms with E-state index in [-0.39, 0.29) is 0 Å². The van der Waals surface area contributed by atoms with E-state index in [9.17, 15) is 0 Å². The van der Waals surface area contributed by atoms with Crippen LogP contribution in [0.5, 0.6) is 0 Å². The zero-order valence-corrected chi connectivity index (χ0v) is 11.9. The van der Waals surface area contributed by atoms with Crippen LogP contribution in [0.1, 0.15) is 20.8 Å². The Labute approximate surface area is 104 Å². The number of carbonyl (C=O) groups is 1. The number of primary amides is 2. The lowest BCUT2D eigenvalue weighted by Crippen LogP contribution is -2.45. The van der Waals surface area contributed by atoms with Crippen molar-refractivity contribution >= 4 is 14.8 Å². The Hall–Kier alpha value is -0.893. The molecule has 0 aromatic carbocycles. The highest BCUT2D eigenvalue weighted by Crippen LogP contribution is 2.15. The van der Waals surface area contributed by atoms with Crippen LogP contribution < -0.4 is 11.5 Å². The molecule has 0 rings (SSSR count). The maximum absolute atomic E-state index is 9.00. The summed E-state index contributed by atoms with van der Waals surface area (Å²) in [6.45, 7) is 11.4. The normalized spacial score (nSPS) is 10.3. The number of rotatable bonds is 8. The van der Waals surface area contributed by atoms with E-state index < -0.39 is 14.8 Å². The molecule has 0 saturated carbocycles. The maximum atomic E-state index is 9.00. The van der Waals surface area contributed by atoms with Crippen molar-refractivity contribution in [1.29, 1.82) is 0 Å². The molecule has 0 fully saturated rings. The third-order valence-electron chi connectivity index (χ3n) is 1.49. The Balaban J connectivity index is 0. The van der Waals surface area contributed by atoms with Gasteiger partial charge >= 0.3 is 14.8 Å². The molecule has 102 valence electrons. The Morgan fingerprint density at radius 2 is 1.41 bits per heavy atom. The molecule has 6 nitrogen and oxygen atoms in total. The highest BCUT2D eigenvalue weighted by atomic mass is 28.4. The Morgan fingerprint density at radius 3 is 1.59 bits per heavy atom. The van der Waals surface area contributed by atoms with Gasteiger partial charge in [0.15, 0.2) is 0 Å². The molecule has 4 N–H and O–H groups in total. The molecular weight excluding hydrogens is 240 g/mol. The zero-order chi connectivity index (χ0) is 13.7. The van der Waals surface area contributed by atoms with Gasteiger partial charge in [0.1, 0.15) is 0 Å². The van der Waals surface area contributed by atoms with Crippen LogP contribution in [0.3, 0.4) is 0 Å². The lowest BCUT2D eigenvalue weighted by molar-refractivity contribution is 0.0743. The minimum atomic E-state index is -2.41. The molecule has 0 aliphatic heterocycles. The monoisotopic (exact) mass is 264 g/mol. The molecular formula is C10H24N2O4Si. The van der Waals surface area contributed by atoms with Crippen molar-refractivity contribution in [2.75, 3.05) is 19.8 Å². The van der Waals surface area contributed by atoms with Gasteiger partial charge in [-0.25, -0.2) is 4.79 Å². The van der Waals surface area contributed by atoms with E-state index >= 15 is 0 Å². The smallest absolute Gasteiger partial charge is 0.374 e. The summed E-state index contributed by atoms with van der Waals surface area (Å²) in [6.07, 6.45) is 1.80. The number of hydrogen-bond acceptors (Lipinski definition) is 4. The van der Waals surface area contributed by atoms with Gasteiger partial charge in [0.05, 0.1) is 0 Å². The van der Waals surface area contributed by atoms with E-state index in [1.165, 1.54) is 0 Å². The SMILES string of the molecule is C=CC[Si](OCC)(OCC)OCC.NC(N)=O. The summed E-state index contributed by atoms with van der Waals surface area (Å²) in [6, 6.07) is -0.150. The molecule has 0 bridgehead atoms. The molecule has 0 aliphatic carbocycles. The van der Waals surface area contributed by atoms with Gasteiger partial charge in [-0.15, -0.1) is 6.58 Å². The number of amides is 2. The molecule has 0 aromatic rings. The summed E-state index contributed by atoms with van der Waals surface area (Å²) in [5.41, 5.74) is 8.50. The number of allylic oxidation sites excluding steroid dienone is 1. The molecule has 17 heavy (non-hydrogen) atoms. The minimum absolute atomic E-state index is 0.625. The topological polar surface area (TPSA) is 96.8 Å². The third-order valence-corrected chi connectivity index (χ3v) is 4.46. The van der Waals surface area contributed by atoms with E-state index in [0.717, 1.165) is 0 Å². The minimum Gasteiger partial charge on any atom is -0.374 e. The summed E-state index contributed by atoms with van der Waals surface area (Å²) in [5.74, 6) is 0. The van der Waals surface area contributed by atoms with Crippen LogP contribution >= 0.6 is 0 Å². The first-order valence-electron chi connectivity index (χ1n) is 5.55. The van der Waals surface area contributed by atoms with Crippen LogP contribution in [0, 0.1) is 0 Å². The van der Waals surface area contributed by atoms with Crippen molar-refractivity contribution in [3.05, 3.63) is 12.7 Å². The van der Waals surface area contributed by atoms with E-state index in [2.05, 4.69) is 18.0 Å². The molecule has 0 unspecified atom stereocenters. The zero-order valence-electron chi connectivity index (χ0n) is 10.9. The lowest BCUT2D eigenvalue weighted by Gasteiger charge is -2.27. The van der Waals surface area contributed by atoms with Gasteiger partial charge < -0.3 is 24.7 Å². The second kappa shape index (κ2) is 11.6. The predicted octanol–water partition coefficient (Wildman–Crippen LogP) is 1.24. The predicted molar refractivity (Wildman–Crippen MR) is 69.4 cm³/mol. The summed E-state index contributed by atoms with van der Waals surface area (Å²) in [4.78, 5) is 9.00. The molecule has 0 saturated heterocycles. The van der Waals surface area contributed by atoms with E-state index in [1.807, 2.05) is 20.8 Å². The Morgan fingerprint density at radius 1 is 1.12 bits per heavy atom. The summed E-state index contributed by atoms with van der Waals surface area (Å²) < 4.78 is 16.7. The average molecular weight is 264 g/mol. The maximum Gasteiger partial charge on any atom is 0.504 e. The highest BCUT2D eigenvalue weighted by molar-refractivity contribution is 6.61. The van der Waals surface area contributed by atoms with Gasteiger partial charge in [0.2, 0.25) is 0 Å². The highest BCUT2D eigenvalue weighted by Gasteiger charge is 2.38. The molecule has 0 aliphatic rings.